The van der Waals surface area contributed by atoms with Crippen LogP contribution in [0.15, 0.2) is 10.9 Å². The Hall–Kier alpha value is -1.32. The van der Waals surface area contributed by atoms with Crippen LogP contribution in [0.2, 0.25) is 0 Å². The number of anilines is 1. The number of hydrogen-bond donors (Lipinski definition) is 2. The van der Waals surface area contributed by atoms with Gasteiger partial charge in [-0.2, -0.15) is 0 Å². The second-order valence-corrected chi connectivity index (χ2v) is 6.51. The summed E-state index contributed by atoms with van der Waals surface area (Å²) in [6.45, 7) is 0.996. The van der Waals surface area contributed by atoms with E-state index in [0.717, 1.165) is 35.9 Å². The first-order valence-electron chi connectivity index (χ1n) is 7.65. The van der Waals surface area contributed by atoms with Gasteiger partial charge in [0.05, 0.1) is 0 Å². The van der Waals surface area contributed by atoms with Crippen molar-refractivity contribution in [3.63, 3.8) is 0 Å². The van der Waals surface area contributed by atoms with Gasteiger partial charge in [-0.1, -0.05) is 0 Å². The monoisotopic (exact) mass is 259 g/mol. The minimum Gasteiger partial charge on any atom is -0.370 e. The second kappa shape index (κ2) is 4.36. The summed E-state index contributed by atoms with van der Waals surface area (Å²) in [6, 6.07) is 1.60. The molecule has 1 aromatic heterocycles. The molecule has 0 spiro atoms. The molecule has 0 amide bonds. The van der Waals surface area contributed by atoms with E-state index < -0.39 is 0 Å². The predicted octanol–water partition coefficient (Wildman–Crippen LogP) is 2.50. The van der Waals surface area contributed by atoms with E-state index >= 15 is 0 Å². The fourth-order valence-electron chi connectivity index (χ4n) is 3.11. The fourth-order valence-corrected chi connectivity index (χ4v) is 3.11. The Morgan fingerprint density at radius 1 is 1.21 bits per heavy atom. The predicted molar refractivity (Wildman–Crippen MR) is 74.3 cm³/mol. The van der Waals surface area contributed by atoms with Crippen LogP contribution in [0, 0.1) is 17.8 Å². The van der Waals surface area contributed by atoms with E-state index in [2.05, 4.69) is 15.3 Å². The summed E-state index contributed by atoms with van der Waals surface area (Å²) in [5.41, 5.74) is -0.0196. The number of aromatic amines is 1. The molecule has 3 saturated carbocycles. The summed E-state index contributed by atoms with van der Waals surface area (Å²) in [5.74, 6) is 4.83. The molecule has 0 saturated heterocycles. The summed E-state index contributed by atoms with van der Waals surface area (Å²) in [6.07, 6.45) is 7.94. The van der Waals surface area contributed by atoms with Crippen LogP contribution in [0.25, 0.3) is 0 Å². The maximum atomic E-state index is 11.6. The smallest absolute Gasteiger partial charge is 0.252 e. The van der Waals surface area contributed by atoms with Gasteiger partial charge in [0.25, 0.3) is 5.56 Å². The second-order valence-electron chi connectivity index (χ2n) is 6.51. The maximum absolute atomic E-state index is 11.6. The molecule has 4 rings (SSSR count). The van der Waals surface area contributed by atoms with E-state index in [1.54, 1.807) is 6.07 Å². The molecule has 0 aliphatic heterocycles. The molecule has 2 N–H and O–H groups in total. The van der Waals surface area contributed by atoms with Gasteiger partial charge in [-0.3, -0.25) is 4.79 Å². The van der Waals surface area contributed by atoms with Crippen LogP contribution in [0.1, 0.15) is 50.3 Å². The van der Waals surface area contributed by atoms with Gasteiger partial charge in [0, 0.05) is 18.5 Å². The van der Waals surface area contributed by atoms with Gasteiger partial charge >= 0.3 is 0 Å². The minimum atomic E-state index is -0.0196. The Kier molecular flexibility index (Phi) is 2.64. The van der Waals surface area contributed by atoms with Crippen molar-refractivity contribution in [2.45, 2.75) is 44.4 Å². The molecular formula is C15H21N3O. The first kappa shape index (κ1) is 11.5. The number of H-pyrrole nitrogens is 1. The van der Waals surface area contributed by atoms with E-state index in [0.29, 0.717) is 5.92 Å². The quantitative estimate of drug-likeness (QED) is 0.825. The van der Waals surface area contributed by atoms with Gasteiger partial charge in [-0.15, -0.1) is 0 Å². The lowest BCUT2D eigenvalue weighted by Crippen LogP contribution is -2.21. The van der Waals surface area contributed by atoms with Crippen LogP contribution in [0.5, 0.6) is 0 Å². The van der Waals surface area contributed by atoms with Crippen LogP contribution >= 0.6 is 0 Å². The highest BCUT2D eigenvalue weighted by Crippen LogP contribution is 2.49. The molecule has 1 heterocycles. The number of rotatable bonds is 6. The summed E-state index contributed by atoms with van der Waals surface area (Å²) in [5, 5.41) is 3.42. The van der Waals surface area contributed by atoms with Crippen LogP contribution in [0.3, 0.4) is 0 Å². The van der Waals surface area contributed by atoms with Crippen molar-refractivity contribution < 1.29 is 0 Å². The van der Waals surface area contributed by atoms with E-state index in [-0.39, 0.29) is 5.56 Å². The van der Waals surface area contributed by atoms with Gasteiger partial charge in [0.15, 0.2) is 0 Å². The Balaban J connectivity index is 1.45. The van der Waals surface area contributed by atoms with Gasteiger partial charge in [-0.05, 0) is 56.3 Å². The van der Waals surface area contributed by atoms with Gasteiger partial charge in [0.1, 0.15) is 11.6 Å². The third-order valence-corrected chi connectivity index (χ3v) is 4.70. The van der Waals surface area contributed by atoms with Crippen LogP contribution in [0.4, 0.5) is 5.82 Å². The molecule has 102 valence electrons. The van der Waals surface area contributed by atoms with Crippen LogP contribution < -0.4 is 10.9 Å². The Bertz CT molecular complexity index is 514. The van der Waals surface area contributed by atoms with Crippen LogP contribution in [-0.4, -0.2) is 16.5 Å². The Morgan fingerprint density at radius 3 is 2.47 bits per heavy atom. The van der Waals surface area contributed by atoms with Gasteiger partial charge in [-0.25, -0.2) is 4.98 Å². The van der Waals surface area contributed by atoms with Crippen molar-refractivity contribution in [3.8, 4) is 0 Å². The highest BCUT2D eigenvalue weighted by molar-refractivity contribution is 5.34. The van der Waals surface area contributed by atoms with Crippen LogP contribution in [-0.2, 0) is 0 Å². The lowest BCUT2D eigenvalue weighted by molar-refractivity contribution is 0.427. The topological polar surface area (TPSA) is 57.8 Å². The van der Waals surface area contributed by atoms with E-state index in [1.165, 1.54) is 38.5 Å². The van der Waals surface area contributed by atoms with E-state index in [9.17, 15) is 4.79 Å². The summed E-state index contributed by atoms with van der Waals surface area (Å²) < 4.78 is 0. The van der Waals surface area contributed by atoms with Crippen molar-refractivity contribution in [2.24, 2.45) is 17.8 Å². The standard InChI is InChI=1S/C15H21N3O/c19-14-7-13(17-15(18-14)11-5-6-11)16-8-12(9-1-2-9)10-3-4-10/h7,9-12H,1-6,8H2,(H2,16,17,18,19). The zero-order chi connectivity index (χ0) is 12.8. The molecule has 0 unspecified atom stereocenters. The highest BCUT2D eigenvalue weighted by atomic mass is 16.1. The average Bonchev–Trinajstić information content (AvgIpc) is 3.27. The minimum absolute atomic E-state index is 0.0196. The van der Waals surface area contributed by atoms with Gasteiger partial charge in [0.2, 0.25) is 0 Å². The van der Waals surface area contributed by atoms with Gasteiger partial charge < -0.3 is 10.3 Å². The lowest BCUT2D eigenvalue weighted by atomic mass is 9.98. The average molecular weight is 259 g/mol. The molecule has 1 aromatic rings. The van der Waals surface area contributed by atoms with Crippen molar-refractivity contribution in [1.29, 1.82) is 0 Å². The third-order valence-electron chi connectivity index (χ3n) is 4.70. The summed E-state index contributed by atoms with van der Waals surface area (Å²) >= 11 is 0. The van der Waals surface area contributed by atoms with Crippen molar-refractivity contribution in [1.82, 2.24) is 9.97 Å². The summed E-state index contributed by atoms with van der Waals surface area (Å²) in [7, 11) is 0. The van der Waals surface area contributed by atoms with Crippen molar-refractivity contribution in [2.75, 3.05) is 11.9 Å². The number of nitrogens with zero attached hydrogens (tertiary/aromatic N) is 1. The Morgan fingerprint density at radius 2 is 1.89 bits per heavy atom. The molecular weight excluding hydrogens is 238 g/mol. The summed E-state index contributed by atoms with van der Waals surface area (Å²) in [4.78, 5) is 19.1. The molecule has 19 heavy (non-hydrogen) atoms. The Labute approximate surface area is 113 Å². The van der Waals surface area contributed by atoms with Crippen molar-refractivity contribution >= 4 is 5.82 Å². The molecule has 4 nitrogen and oxygen atoms in total. The molecule has 0 bridgehead atoms. The zero-order valence-electron chi connectivity index (χ0n) is 11.2. The fraction of sp³-hybridized carbons (Fsp3) is 0.733. The maximum Gasteiger partial charge on any atom is 0.252 e. The van der Waals surface area contributed by atoms with E-state index in [4.69, 9.17) is 0 Å². The third kappa shape index (κ3) is 2.67. The normalized spacial score (nSPS) is 22.8. The largest absolute Gasteiger partial charge is 0.370 e. The molecule has 4 heteroatoms. The first-order chi connectivity index (χ1) is 9.29. The molecule has 3 fully saturated rings. The first-order valence-corrected chi connectivity index (χ1v) is 7.65. The molecule has 3 aliphatic carbocycles. The van der Waals surface area contributed by atoms with Crippen molar-refractivity contribution in [3.05, 3.63) is 22.2 Å². The zero-order valence-corrected chi connectivity index (χ0v) is 11.2. The molecule has 3 aliphatic rings. The number of hydrogen-bond acceptors (Lipinski definition) is 3. The number of aromatic nitrogens is 2. The number of nitrogens with one attached hydrogen (secondary N) is 2. The van der Waals surface area contributed by atoms with E-state index in [1.807, 2.05) is 0 Å². The molecule has 0 aromatic carbocycles. The molecule has 0 atom stereocenters. The SMILES string of the molecule is O=c1cc(NCC(C2CC2)C2CC2)nc(C2CC2)[nH]1. The highest BCUT2D eigenvalue weighted by Gasteiger charge is 2.41. The lowest BCUT2D eigenvalue weighted by Gasteiger charge is -2.16. The molecule has 0 radical (unpaired) electrons.